The van der Waals surface area contributed by atoms with E-state index in [2.05, 4.69) is 10.2 Å². The first-order chi connectivity index (χ1) is 14.9. The maximum atomic E-state index is 12.5. The molecule has 2 N–H and O–H groups in total. The summed E-state index contributed by atoms with van der Waals surface area (Å²) in [5.74, 6) is 1.02. The van der Waals surface area contributed by atoms with Gasteiger partial charge in [0.15, 0.2) is 5.75 Å². The molecule has 166 valence electrons. The van der Waals surface area contributed by atoms with Crippen molar-refractivity contribution in [2.45, 2.75) is 50.7 Å². The van der Waals surface area contributed by atoms with Gasteiger partial charge in [0, 0.05) is 38.3 Å². The number of carbonyl (C=O) groups is 2. The number of amides is 3. The minimum Gasteiger partial charge on any atom is -0.463 e. The van der Waals surface area contributed by atoms with E-state index in [1.807, 2.05) is 17.9 Å². The van der Waals surface area contributed by atoms with Gasteiger partial charge in [-0.3, -0.25) is 4.90 Å². The molecule has 9 heteroatoms. The zero-order chi connectivity index (χ0) is 22.0. The fraction of sp³-hybridized carbons (Fsp3) is 0.591. The third-order valence-electron chi connectivity index (χ3n) is 6.41. The number of urea groups is 1. The number of benzene rings is 1. The van der Waals surface area contributed by atoms with Crippen molar-refractivity contribution in [1.82, 2.24) is 20.2 Å². The van der Waals surface area contributed by atoms with E-state index < -0.39 is 12.1 Å². The summed E-state index contributed by atoms with van der Waals surface area (Å²) in [7, 11) is 0. The highest BCUT2D eigenvalue weighted by atomic mass is 16.7. The molecule has 1 saturated carbocycles. The van der Waals surface area contributed by atoms with Crippen molar-refractivity contribution in [1.29, 1.82) is 5.26 Å². The molecule has 1 aromatic rings. The zero-order valence-electron chi connectivity index (χ0n) is 17.7. The van der Waals surface area contributed by atoms with Gasteiger partial charge in [-0.25, -0.2) is 9.59 Å². The summed E-state index contributed by atoms with van der Waals surface area (Å²) in [6.45, 7) is 4.47. The highest BCUT2D eigenvalue weighted by molar-refractivity contribution is 5.74. The van der Waals surface area contributed by atoms with E-state index in [-0.39, 0.29) is 18.1 Å². The van der Waals surface area contributed by atoms with Crippen LogP contribution in [0.4, 0.5) is 9.59 Å². The van der Waals surface area contributed by atoms with E-state index in [0.717, 1.165) is 24.4 Å². The lowest BCUT2D eigenvalue weighted by molar-refractivity contribution is -0.0770. The van der Waals surface area contributed by atoms with Crippen LogP contribution in [0.5, 0.6) is 5.75 Å². The van der Waals surface area contributed by atoms with Crippen molar-refractivity contribution < 1.29 is 19.5 Å². The predicted octanol–water partition coefficient (Wildman–Crippen LogP) is 2.49. The number of nitriles is 1. The van der Waals surface area contributed by atoms with Gasteiger partial charge in [-0.1, -0.05) is 0 Å². The summed E-state index contributed by atoms with van der Waals surface area (Å²) in [6.07, 6.45) is 3.27. The first-order valence-corrected chi connectivity index (χ1v) is 10.9. The van der Waals surface area contributed by atoms with Crippen LogP contribution >= 0.6 is 0 Å². The smallest absolute Gasteiger partial charge is 0.441 e. The molecule has 3 aliphatic rings. The maximum Gasteiger partial charge on any atom is 0.441 e. The van der Waals surface area contributed by atoms with E-state index in [4.69, 9.17) is 10.1 Å². The first-order valence-electron chi connectivity index (χ1n) is 10.9. The average molecular weight is 428 g/mol. The molecule has 0 aromatic heterocycles. The normalized spacial score (nSPS) is 23.7. The van der Waals surface area contributed by atoms with Gasteiger partial charge in [-0.15, -0.1) is 5.06 Å². The number of fused-ring (bicyclic) bond motifs is 2. The van der Waals surface area contributed by atoms with Crippen molar-refractivity contribution in [3.05, 3.63) is 29.8 Å². The molecule has 2 bridgehead atoms. The van der Waals surface area contributed by atoms with E-state index in [1.165, 1.54) is 12.8 Å². The van der Waals surface area contributed by atoms with Gasteiger partial charge in [0.2, 0.25) is 0 Å². The lowest BCUT2D eigenvalue weighted by Crippen LogP contribution is -2.60. The predicted molar refractivity (Wildman–Crippen MR) is 112 cm³/mol. The molecule has 3 unspecified atom stereocenters. The number of piperazine rings is 1. The topological polar surface area (TPSA) is 109 Å². The molecular weight excluding hydrogens is 398 g/mol. The van der Waals surface area contributed by atoms with Crippen LogP contribution in [0.15, 0.2) is 24.3 Å². The van der Waals surface area contributed by atoms with Crippen molar-refractivity contribution in [2.75, 3.05) is 26.2 Å². The van der Waals surface area contributed by atoms with E-state index >= 15 is 0 Å². The molecule has 2 aliphatic heterocycles. The summed E-state index contributed by atoms with van der Waals surface area (Å²) in [5.41, 5.74) is 0.484. The number of nitrogens with zero attached hydrogens (tertiary/aromatic N) is 4. The van der Waals surface area contributed by atoms with Crippen LogP contribution in [0.1, 0.15) is 38.2 Å². The van der Waals surface area contributed by atoms with Crippen LogP contribution in [0, 0.1) is 17.2 Å². The zero-order valence-corrected chi connectivity index (χ0v) is 17.7. The van der Waals surface area contributed by atoms with E-state index in [1.54, 1.807) is 24.3 Å². The summed E-state index contributed by atoms with van der Waals surface area (Å²) in [4.78, 5) is 34.2. The van der Waals surface area contributed by atoms with Gasteiger partial charge >= 0.3 is 12.1 Å². The molecule has 4 rings (SSSR count). The summed E-state index contributed by atoms with van der Waals surface area (Å²) >= 11 is 0. The average Bonchev–Trinajstić information content (AvgIpc) is 3.56. The van der Waals surface area contributed by atoms with Crippen molar-refractivity contribution in [2.24, 2.45) is 5.92 Å². The third-order valence-corrected chi connectivity index (χ3v) is 6.41. The molecule has 31 heavy (non-hydrogen) atoms. The van der Waals surface area contributed by atoms with Gasteiger partial charge in [0.25, 0.3) is 0 Å². The lowest BCUT2D eigenvalue weighted by atomic mass is 10.1. The molecule has 1 aliphatic carbocycles. The van der Waals surface area contributed by atoms with Crippen molar-refractivity contribution in [3.63, 3.8) is 0 Å². The van der Waals surface area contributed by atoms with Crippen LogP contribution in [-0.2, 0) is 0 Å². The fourth-order valence-electron chi connectivity index (χ4n) is 4.52. The molecular formula is C22H29N5O4. The van der Waals surface area contributed by atoms with Crippen LogP contribution < -0.4 is 10.2 Å². The number of hydroxylamine groups is 2. The quantitative estimate of drug-likeness (QED) is 0.647. The third kappa shape index (κ3) is 5.02. The van der Waals surface area contributed by atoms with Crippen molar-refractivity contribution in [3.8, 4) is 11.8 Å². The van der Waals surface area contributed by atoms with Gasteiger partial charge in [0.05, 0.1) is 17.7 Å². The van der Waals surface area contributed by atoms with Gasteiger partial charge in [-0.05, 0) is 62.8 Å². The number of likely N-dealkylation sites (tertiary alicyclic amines) is 1. The SMILES string of the molecule is CC(CN1C2CCC1CN(C(=O)NCC1CC1)C2)N(Oc1ccc(C#N)cc1)C(=O)O. The highest BCUT2D eigenvalue weighted by Gasteiger charge is 2.42. The van der Waals surface area contributed by atoms with E-state index in [0.29, 0.717) is 36.9 Å². The largest absolute Gasteiger partial charge is 0.463 e. The van der Waals surface area contributed by atoms with Crippen LogP contribution in [0.3, 0.4) is 0 Å². The van der Waals surface area contributed by atoms with Gasteiger partial charge in [0.1, 0.15) is 0 Å². The Kier molecular flexibility index (Phi) is 6.18. The van der Waals surface area contributed by atoms with Crippen LogP contribution in [0.25, 0.3) is 0 Å². The number of rotatable bonds is 7. The number of hydrogen-bond donors (Lipinski definition) is 2. The van der Waals surface area contributed by atoms with Crippen LogP contribution in [-0.4, -0.2) is 76.4 Å². The number of carbonyl (C=O) groups excluding carboxylic acids is 1. The Bertz CT molecular complexity index is 836. The molecule has 3 fully saturated rings. The Hall–Kier alpha value is -2.99. The Morgan fingerprint density at radius 3 is 2.42 bits per heavy atom. The minimum atomic E-state index is -1.16. The molecule has 2 saturated heterocycles. The lowest BCUT2D eigenvalue weighted by Gasteiger charge is -2.42. The van der Waals surface area contributed by atoms with Crippen LogP contribution in [0.2, 0.25) is 0 Å². The summed E-state index contributed by atoms with van der Waals surface area (Å²) in [5, 5.41) is 22.6. The Balaban J connectivity index is 1.34. The second-order valence-electron chi connectivity index (χ2n) is 8.80. The summed E-state index contributed by atoms with van der Waals surface area (Å²) < 4.78 is 0. The fourth-order valence-corrected chi connectivity index (χ4v) is 4.52. The molecule has 9 nitrogen and oxygen atoms in total. The second kappa shape index (κ2) is 9.02. The molecule has 3 atom stereocenters. The monoisotopic (exact) mass is 427 g/mol. The molecule has 0 radical (unpaired) electrons. The van der Waals surface area contributed by atoms with Gasteiger partial charge < -0.3 is 20.2 Å². The molecule has 2 heterocycles. The highest BCUT2D eigenvalue weighted by Crippen LogP contribution is 2.31. The van der Waals surface area contributed by atoms with Crippen molar-refractivity contribution >= 4 is 12.1 Å². The van der Waals surface area contributed by atoms with E-state index in [9.17, 15) is 14.7 Å². The van der Waals surface area contributed by atoms with Gasteiger partial charge in [-0.2, -0.15) is 5.26 Å². The summed E-state index contributed by atoms with van der Waals surface area (Å²) in [6, 6.07) is 8.48. The number of carboxylic acid groups (broad SMARTS) is 1. The second-order valence-corrected chi connectivity index (χ2v) is 8.80. The Morgan fingerprint density at radius 1 is 1.23 bits per heavy atom. The minimum absolute atomic E-state index is 0.0211. The number of nitrogens with one attached hydrogen (secondary N) is 1. The molecule has 3 amide bonds. The standard InChI is InChI=1S/C22H29N5O4/c1-15(27(22(29)30)31-20-8-4-16(10-23)5-9-20)12-26-18-6-7-19(26)14-25(13-18)21(28)24-11-17-2-3-17/h4-5,8-9,15,17-19H,2-3,6-7,11-14H2,1H3,(H,24,28)(H,29,30). The Labute approximate surface area is 182 Å². The molecule has 1 aromatic carbocycles. The molecule has 0 spiro atoms. The number of hydrogen-bond acceptors (Lipinski definition) is 5. The Morgan fingerprint density at radius 2 is 1.87 bits per heavy atom. The maximum absolute atomic E-state index is 12.5. The first kappa shape index (κ1) is 21.2.